The van der Waals surface area contributed by atoms with Gasteiger partial charge in [-0.2, -0.15) is 4.57 Å². The number of piperazine rings is 1. The summed E-state index contributed by atoms with van der Waals surface area (Å²) in [6, 6.07) is 0.320. The first-order valence-corrected chi connectivity index (χ1v) is 8.90. The third kappa shape index (κ3) is 1.87. The van der Waals surface area contributed by atoms with Gasteiger partial charge in [0.15, 0.2) is 11.9 Å². The van der Waals surface area contributed by atoms with E-state index in [2.05, 4.69) is 10.3 Å². The molecule has 0 saturated carbocycles. The van der Waals surface area contributed by atoms with E-state index in [4.69, 9.17) is 15.2 Å². The molecule has 0 bridgehead atoms. The van der Waals surface area contributed by atoms with E-state index in [0.29, 0.717) is 23.3 Å². The van der Waals surface area contributed by atoms with Gasteiger partial charge >= 0.3 is 6.09 Å². The van der Waals surface area contributed by atoms with Crippen LogP contribution >= 0.6 is 0 Å². The van der Waals surface area contributed by atoms with Crippen molar-refractivity contribution in [1.82, 2.24) is 10.3 Å². The third-order valence-corrected chi connectivity index (χ3v) is 6.26. The lowest BCUT2D eigenvalue weighted by molar-refractivity contribution is -0.645. The van der Waals surface area contributed by atoms with Crippen LogP contribution in [0.3, 0.4) is 0 Å². The zero-order valence-electron chi connectivity index (χ0n) is 15.4. The molecule has 0 radical (unpaired) electrons. The number of ether oxygens (including phenoxy) is 2. The van der Waals surface area contributed by atoms with Crippen LogP contribution in [0.4, 0.5) is 10.5 Å². The van der Waals surface area contributed by atoms with E-state index in [1.807, 2.05) is 22.7 Å². The number of methoxy groups -OCH3 is 1. The van der Waals surface area contributed by atoms with E-state index >= 15 is 0 Å². The number of nitrogens with two attached hydrogens (primary N) is 1. The Morgan fingerprint density at radius 2 is 2.37 bits per heavy atom. The summed E-state index contributed by atoms with van der Waals surface area (Å²) in [5, 5.41) is 16.7. The van der Waals surface area contributed by atoms with Gasteiger partial charge in [-0.3, -0.25) is 0 Å². The molecule has 142 valence electrons. The number of primary amides is 1. The van der Waals surface area contributed by atoms with Crippen molar-refractivity contribution in [3.8, 4) is 5.75 Å². The monoisotopic (exact) mass is 371 g/mol. The number of fused-ring (bicyclic) bond motifs is 7. The molecular weight excluding hydrogens is 350 g/mol. The van der Waals surface area contributed by atoms with E-state index < -0.39 is 11.8 Å². The minimum atomic E-state index is -0.846. The van der Waals surface area contributed by atoms with E-state index in [1.165, 1.54) is 0 Å². The summed E-state index contributed by atoms with van der Waals surface area (Å²) >= 11 is 0. The molecule has 2 saturated heterocycles. The molecule has 2 fully saturated rings. The van der Waals surface area contributed by atoms with Gasteiger partial charge in [0.05, 0.1) is 23.7 Å². The first-order chi connectivity index (χ1) is 12.9. The molecular formula is C18H21N5O4. The number of amides is 1. The van der Waals surface area contributed by atoms with E-state index in [9.17, 15) is 9.90 Å². The molecule has 1 aromatic carbocycles. The smallest absolute Gasteiger partial charge is 0.404 e. The highest BCUT2D eigenvalue weighted by Crippen LogP contribution is 2.60. The van der Waals surface area contributed by atoms with Crippen LogP contribution in [0.25, 0.3) is 11.0 Å². The normalized spacial score (nSPS) is 30.2. The first kappa shape index (κ1) is 16.5. The number of benzene rings is 1. The number of aromatic nitrogens is 2. The average Bonchev–Trinajstić information content (AvgIpc) is 3.25. The molecule has 4 atom stereocenters. The fraction of sp³-hybridized carbons (Fsp3) is 0.500. The highest BCUT2D eigenvalue weighted by Gasteiger charge is 2.71. The van der Waals surface area contributed by atoms with Gasteiger partial charge in [0.2, 0.25) is 5.52 Å². The zero-order chi connectivity index (χ0) is 19.1. The number of nitrogens with zero attached hydrogens (tertiary/aromatic N) is 3. The van der Waals surface area contributed by atoms with Crippen LogP contribution in [0.15, 0.2) is 12.4 Å². The summed E-state index contributed by atoms with van der Waals surface area (Å²) in [5.41, 5.74) is 8.00. The summed E-state index contributed by atoms with van der Waals surface area (Å²) < 4.78 is 13.2. The van der Waals surface area contributed by atoms with E-state index in [1.54, 1.807) is 20.2 Å². The molecule has 1 amide bonds. The number of anilines is 1. The minimum absolute atomic E-state index is 0.0318. The van der Waals surface area contributed by atoms with Crippen LogP contribution in [0, 0.1) is 6.92 Å². The van der Waals surface area contributed by atoms with Gasteiger partial charge in [-0.15, -0.1) is 0 Å². The standard InChI is InChI=1S/C18H21N5O4/c1-8-12-13(22(2)5-4-20-12)11-9(7-27-17(19)25)18(26-3)16-10(21-16)6-23(18)14(11)15(8)24/h4-5,9-10,16,21H,6-7H2,1-3H3,(H2-,19,20,24,25)/t9-,10+,16+,18-/m1/s1. The maximum absolute atomic E-state index is 13.3. The maximum atomic E-state index is 13.3. The average molecular weight is 371 g/mol. The Hall–Kier alpha value is -2.65. The summed E-state index contributed by atoms with van der Waals surface area (Å²) in [4.78, 5) is 17.8. The van der Waals surface area contributed by atoms with Gasteiger partial charge in [0.25, 0.3) is 0 Å². The molecule has 1 aromatic heterocycles. The molecule has 27 heavy (non-hydrogen) atoms. The third-order valence-electron chi connectivity index (χ3n) is 6.26. The van der Waals surface area contributed by atoms with Crippen LogP contribution in [0.1, 0.15) is 17.0 Å². The Morgan fingerprint density at radius 3 is 3.07 bits per heavy atom. The highest BCUT2D eigenvalue weighted by molar-refractivity contribution is 5.93. The summed E-state index contributed by atoms with van der Waals surface area (Å²) in [6.45, 7) is 2.50. The molecule has 0 unspecified atom stereocenters. The summed E-state index contributed by atoms with van der Waals surface area (Å²) in [5.74, 6) is -0.415. The predicted octanol–water partition coefficient (Wildman–Crippen LogP) is -0.863. The fourth-order valence-electron chi connectivity index (χ4n) is 5.09. The maximum Gasteiger partial charge on any atom is 0.404 e. The SMILES string of the molecule is CO[C@@]12[C@H](COC(N)=O)c3c(c([O-])c(C)c4ncc[n+](C)c34)N1C[C@@H]1N[C@@H]12. The number of aryl methyl sites for hydroxylation is 2. The van der Waals surface area contributed by atoms with Crippen molar-refractivity contribution in [3.05, 3.63) is 23.5 Å². The van der Waals surface area contributed by atoms with Crippen molar-refractivity contribution in [2.24, 2.45) is 12.8 Å². The van der Waals surface area contributed by atoms with Crippen molar-refractivity contribution in [2.45, 2.75) is 30.7 Å². The Labute approximate surface area is 155 Å². The van der Waals surface area contributed by atoms with Crippen LogP contribution in [-0.2, 0) is 16.5 Å². The highest BCUT2D eigenvalue weighted by atomic mass is 16.6. The predicted molar refractivity (Wildman–Crippen MR) is 93.2 cm³/mol. The van der Waals surface area contributed by atoms with Crippen molar-refractivity contribution < 1.29 is 23.9 Å². The molecule has 3 N–H and O–H groups in total. The molecule has 4 heterocycles. The Balaban J connectivity index is 1.83. The Bertz CT molecular complexity index is 996. The number of nitrogens with one attached hydrogen (secondary N) is 1. The van der Waals surface area contributed by atoms with Gasteiger partial charge in [0.1, 0.15) is 19.2 Å². The van der Waals surface area contributed by atoms with Gasteiger partial charge in [-0.05, 0) is 12.5 Å². The van der Waals surface area contributed by atoms with Crippen molar-refractivity contribution >= 4 is 22.8 Å². The van der Waals surface area contributed by atoms with Crippen molar-refractivity contribution in [2.75, 3.05) is 25.2 Å². The van der Waals surface area contributed by atoms with E-state index in [-0.39, 0.29) is 30.4 Å². The summed E-state index contributed by atoms with van der Waals surface area (Å²) in [7, 11) is 3.55. The minimum Gasteiger partial charge on any atom is -0.871 e. The van der Waals surface area contributed by atoms with Crippen molar-refractivity contribution in [3.63, 3.8) is 0 Å². The second-order valence-corrected chi connectivity index (χ2v) is 7.45. The molecule has 3 aliphatic heterocycles. The summed E-state index contributed by atoms with van der Waals surface area (Å²) in [6.07, 6.45) is 2.68. The Morgan fingerprint density at radius 1 is 1.59 bits per heavy atom. The molecule has 2 aromatic rings. The van der Waals surface area contributed by atoms with Crippen LogP contribution in [-0.4, -0.2) is 49.1 Å². The molecule has 9 heteroatoms. The van der Waals surface area contributed by atoms with Crippen LogP contribution in [0.5, 0.6) is 5.75 Å². The second-order valence-electron chi connectivity index (χ2n) is 7.45. The van der Waals surface area contributed by atoms with Gasteiger partial charge in [-0.1, -0.05) is 5.75 Å². The molecule has 3 aliphatic rings. The molecule has 5 rings (SSSR count). The van der Waals surface area contributed by atoms with Crippen LogP contribution in [0.2, 0.25) is 0 Å². The molecule has 9 nitrogen and oxygen atoms in total. The zero-order valence-corrected chi connectivity index (χ0v) is 15.4. The van der Waals surface area contributed by atoms with E-state index in [0.717, 1.165) is 11.1 Å². The quantitative estimate of drug-likeness (QED) is 0.531. The van der Waals surface area contributed by atoms with Gasteiger partial charge in [0, 0.05) is 25.4 Å². The number of hydrogen-bond donors (Lipinski definition) is 2. The molecule has 0 aliphatic carbocycles. The lowest BCUT2D eigenvalue weighted by Crippen LogP contribution is -2.54. The van der Waals surface area contributed by atoms with Crippen molar-refractivity contribution in [1.29, 1.82) is 0 Å². The topological polar surface area (TPSA) is 127 Å². The first-order valence-electron chi connectivity index (χ1n) is 8.90. The Kier molecular flexibility index (Phi) is 3.18. The number of carbonyl (C=O) groups is 1. The number of carbonyl (C=O) groups excluding carboxylic acids is 1. The van der Waals surface area contributed by atoms with Gasteiger partial charge < -0.3 is 30.5 Å². The fourth-order valence-corrected chi connectivity index (χ4v) is 5.09. The molecule has 0 spiro atoms. The van der Waals surface area contributed by atoms with Gasteiger partial charge in [-0.25, -0.2) is 9.78 Å². The second kappa shape index (κ2) is 5.20. The van der Waals surface area contributed by atoms with Crippen LogP contribution < -0.4 is 25.6 Å². The lowest BCUT2D eigenvalue weighted by atomic mass is 9.88. The largest absolute Gasteiger partial charge is 0.871 e. The lowest BCUT2D eigenvalue weighted by Gasteiger charge is -2.39. The number of hydrogen-bond acceptors (Lipinski definition) is 7. The number of rotatable bonds is 3.